The molecule has 5 heteroatoms. The van der Waals surface area contributed by atoms with E-state index in [2.05, 4.69) is 31.1 Å². The van der Waals surface area contributed by atoms with Crippen molar-refractivity contribution in [1.29, 1.82) is 0 Å². The number of aromatic nitrogens is 1. The third-order valence-corrected chi connectivity index (χ3v) is 4.14. The Kier molecular flexibility index (Phi) is 3.68. The van der Waals surface area contributed by atoms with Gasteiger partial charge in [0.15, 0.2) is 5.58 Å². The molecule has 1 fully saturated rings. The summed E-state index contributed by atoms with van der Waals surface area (Å²) < 4.78 is 5.77. The van der Waals surface area contributed by atoms with Crippen LogP contribution in [-0.2, 0) is 10.2 Å². The maximum atomic E-state index is 12.3. The van der Waals surface area contributed by atoms with E-state index in [0.717, 1.165) is 36.0 Å². The summed E-state index contributed by atoms with van der Waals surface area (Å²) in [6, 6.07) is 5.73. The van der Waals surface area contributed by atoms with E-state index in [1.54, 1.807) is 0 Å². The van der Waals surface area contributed by atoms with Gasteiger partial charge in [0.1, 0.15) is 5.52 Å². The van der Waals surface area contributed by atoms with Crippen LogP contribution >= 0.6 is 0 Å². The molecule has 0 radical (unpaired) electrons. The Bertz CT molecular complexity index is 699. The first kappa shape index (κ1) is 15.0. The van der Waals surface area contributed by atoms with Crippen LogP contribution < -0.4 is 11.1 Å². The molecule has 2 aromatic rings. The summed E-state index contributed by atoms with van der Waals surface area (Å²) in [5.41, 5.74) is 8.00. The Labute approximate surface area is 130 Å². The summed E-state index contributed by atoms with van der Waals surface area (Å²) in [7, 11) is 0. The second kappa shape index (κ2) is 5.39. The van der Waals surface area contributed by atoms with E-state index >= 15 is 0 Å². The zero-order valence-corrected chi connectivity index (χ0v) is 13.3. The minimum Gasteiger partial charge on any atom is -0.440 e. The van der Waals surface area contributed by atoms with Crippen molar-refractivity contribution in [3.63, 3.8) is 0 Å². The van der Waals surface area contributed by atoms with E-state index in [0.29, 0.717) is 5.89 Å². The van der Waals surface area contributed by atoms with Crippen molar-refractivity contribution in [2.75, 3.05) is 5.32 Å². The fourth-order valence-corrected chi connectivity index (χ4v) is 2.82. The van der Waals surface area contributed by atoms with Gasteiger partial charge in [-0.05, 0) is 37.5 Å². The van der Waals surface area contributed by atoms with Gasteiger partial charge in [-0.1, -0.05) is 20.8 Å². The molecule has 118 valence electrons. The Balaban J connectivity index is 1.78. The molecule has 0 bridgehead atoms. The number of nitrogens with zero attached hydrogens (tertiary/aromatic N) is 1. The summed E-state index contributed by atoms with van der Waals surface area (Å²) in [5, 5.41) is 2.97. The molecule has 1 amide bonds. The lowest BCUT2D eigenvalue weighted by Gasteiger charge is -2.11. The van der Waals surface area contributed by atoms with Crippen molar-refractivity contribution >= 4 is 22.7 Å². The van der Waals surface area contributed by atoms with Crippen LogP contribution in [-0.4, -0.2) is 16.9 Å². The van der Waals surface area contributed by atoms with Gasteiger partial charge >= 0.3 is 0 Å². The van der Waals surface area contributed by atoms with Crippen molar-refractivity contribution < 1.29 is 9.21 Å². The molecule has 0 aliphatic heterocycles. The maximum absolute atomic E-state index is 12.3. The van der Waals surface area contributed by atoms with Crippen LogP contribution in [0.4, 0.5) is 5.69 Å². The third-order valence-electron chi connectivity index (χ3n) is 4.14. The minimum absolute atomic E-state index is 0.0214. The van der Waals surface area contributed by atoms with Gasteiger partial charge in [-0.2, -0.15) is 0 Å². The number of benzene rings is 1. The molecule has 1 aliphatic carbocycles. The van der Waals surface area contributed by atoms with Crippen LogP contribution in [0.25, 0.3) is 11.1 Å². The molecule has 0 spiro atoms. The first-order valence-corrected chi connectivity index (χ1v) is 7.80. The average molecular weight is 301 g/mol. The molecule has 0 saturated heterocycles. The van der Waals surface area contributed by atoms with Crippen LogP contribution in [0.5, 0.6) is 0 Å². The average Bonchev–Trinajstić information content (AvgIpc) is 3.03. The zero-order valence-electron chi connectivity index (χ0n) is 13.3. The molecule has 1 aromatic carbocycles. The molecule has 1 aliphatic rings. The molecule has 2 unspecified atom stereocenters. The van der Waals surface area contributed by atoms with Crippen LogP contribution in [0.1, 0.15) is 45.9 Å². The minimum atomic E-state index is -0.136. The standard InChI is InChI=1S/C17H23N3O2/c1-17(2,3)16-20-13-9-12(6-7-14(13)22-16)19-15(21)10-4-5-11(18)8-10/h6-7,9-11H,4-5,8,18H2,1-3H3,(H,19,21). The molecule has 3 rings (SSSR count). The summed E-state index contributed by atoms with van der Waals surface area (Å²) in [6.45, 7) is 6.18. The van der Waals surface area contributed by atoms with E-state index in [9.17, 15) is 4.79 Å². The maximum Gasteiger partial charge on any atom is 0.227 e. The van der Waals surface area contributed by atoms with Crippen LogP contribution in [0.15, 0.2) is 22.6 Å². The quantitative estimate of drug-likeness (QED) is 0.892. The smallest absolute Gasteiger partial charge is 0.227 e. The van der Waals surface area contributed by atoms with Gasteiger partial charge in [0, 0.05) is 23.1 Å². The van der Waals surface area contributed by atoms with Crippen LogP contribution in [0, 0.1) is 5.92 Å². The lowest BCUT2D eigenvalue weighted by Crippen LogP contribution is -2.23. The first-order chi connectivity index (χ1) is 10.3. The lowest BCUT2D eigenvalue weighted by atomic mass is 9.97. The Hall–Kier alpha value is -1.88. The first-order valence-electron chi connectivity index (χ1n) is 7.80. The molecular formula is C17H23N3O2. The lowest BCUT2D eigenvalue weighted by molar-refractivity contribution is -0.119. The number of anilines is 1. The molecule has 1 saturated carbocycles. The fraction of sp³-hybridized carbons (Fsp3) is 0.529. The van der Waals surface area contributed by atoms with E-state index in [-0.39, 0.29) is 23.3 Å². The molecule has 22 heavy (non-hydrogen) atoms. The second-order valence-electron chi connectivity index (χ2n) is 7.21. The Morgan fingerprint density at radius 3 is 2.77 bits per heavy atom. The fourth-order valence-electron chi connectivity index (χ4n) is 2.82. The van der Waals surface area contributed by atoms with Crippen molar-refractivity contribution in [2.45, 2.75) is 51.5 Å². The number of hydrogen-bond acceptors (Lipinski definition) is 4. The number of rotatable bonds is 2. The number of carbonyl (C=O) groups excluding carboxylic acids is 1. The third kappa shape index (κ3) is 2.99. The summed E-state index contributed by atoms with van der Waals surface area (Å²) in [5.74, 6) is 0.771. The monoisotopic (exact) mass is 301 g/mol. The Morgan fingerprint density at radius 2 is 2.14 bits per heavy atom. The number of fused-ring (bicyclic) bond motifs is 1. The molecule has 1 heterocycles. The Morgan fingerprint density at radius 1 is 1.36 bits per heavy atom. The zero-order chi connectivity index (χ0) is 15.9. The molecule has 5 nitrogen and oxygen atoms in total. The van der Waals surface area contributed by atoms with Gasteiger partial charge in [-0.3, -0.25) is 4.79 Å². The number of carbonyl (C=O) groups is 1. The van der Waals surface area contributed by atoms with Gasteiger partial charge < -0.3 is 15.5 Å². The largest absolute Gasteiger partial charge is 0.440 e. The summed E-state index contributed by atoms with van der Waals surface area (Å²) >= 11 is 0. The van der Waals surface area contributed by atoms with Crippen LogP contribution in [0.3, 0.4) is 0 Å². The molecule has 2 atom stereocenters. The number of nitrogens with two attached hydrogens (primary N) is 1. The number of amides is 1. The van der Waals surface area contributed by atoms with Gasteiger partial charge in [-0.15, -0.1) is 0 Å². The summed E-state index contributed by atoms with van der Waals surface area (Å²) in [4.78, 5) is 16.8. The van der Waals surface area contributed by atoms with Gasteiger partial charge in [0.05, 0.1) is 0 Å². The highest BCUT2D eigenvalue weighted by atomic mass is 16.3. The molecular weight excluding hydrogens is 278 g/mol. The normalized spacial score (nSPS) is 22.2. The van der Waals surface area contributed by atoms with E-state index in [1.807, 2.05) is 18.2 Å². The number of nitrogens with one attached hydrogen (secondary N) is 1. The highest BCUT2D eigenvalue weighted by Crippen LogP contribution is 2.29. The van der Waals surface area contributed by atoms with E-state index in [1.165, 1.54) is 0 Å². The second-order valence-corrected chi connectivity index (χ2v) is 7.21. The van der Waals surface area contributed by atoms with Crippen molar-refractivity contribution in [3.8, 4) is 0 Å². The molecule has 1 aromatic heterocycles. The van der Waals surface area contributed by atoms with Gasteiger partial charge in [0.25, 0.3) is 0 Å². The predicted octanol–water partition coefficient (Wildman–Crippen LogP) is 3.19. The van der Waals surface area contributed by atoms with Crippen LogP contribution in [0.2, 0.25) is 0 Å². The van der Waals surface area contributed by atoms with Crippen molar-refractivity contribution in [2.24, 2.45) is 11.7 Å². The van der Waals surface area contributed by atoms with Gasteiger partial charge in [-0.25, -0.2) is 4.98 Å². The van der Waals surface area contributed by atoms with E-state index in [4.69, 9.17) is 10.2 Å². The predicted molar refractivity (Wildman–Crippen MR) is 86.7 cm³/mol. The van der Waals surface area contributed by atoms with Crippen molar-refractivity contribution in [3.05, 3.63) is 24.1 Å². The number of hydrogen-bond donors (Lipinski definition) is 2. The van der Waals surface area contributed by atoms with Crippen molar-refractivity contribution in [1.82, 2.24) is 4.98 Å². The highest BCUT2D eigenvalue weighted by molar-refractivity contribution is 5.94. The van der Waals surface area contributed by atoms with E-state index < -0.39 is 0 Å². The topological polar surface area (TPSA) is 81.2 Å². The molecule has 3 N–H and O–H groups in total. The van der Waals surface area contributed by atoms with Gasteiger partial charge in [0.2, 0.25) is 11.8 Å². The summed E-state index contributed by atoms with van der Waals surface area (Å²) in [6.07, 6.45) is 2.56. The highest BCUT2D eigenvalue weighted by Gasteiger charge is 2.28. The number of oxazole rings is 1. The SMILES string of the molecule is CC(C)(C)c1nc2cc(NC(=O)C3CCC(N)C3)ccc2o1.